The molecule has 1 atom stereocenters. The van der Waals surface area contributed by atoms with Crippen LogP contribution in [0.5, 0.6) is 0 Å². The van der Waals surface area contributed by atoms with Crippen LogP contribution in [0.2, 0.25) is 0 Å². The van der Waals surface area contributed by atoms with Crippen molar-refractivity contribution < 1.29 is 13.2 Å². The van der Waals surface area contributed by atoms with Gasteiger partial charge in [0.15, 0.2) is 0 Å². The summed E-state index contributed by atoms with van der Waals surface area (Å²) in [5, 5.41) is 0. The molecule has 2 fully saturated rings. The molecule has 2 aliphatic rings. The smallest absolute Gasteiger partial charge is 0.356 e. The van der Waals surface area contributed by atoms with Gasteiger partial charge in [-0.05, 0) is 62.4 Å². The van der Waals surface area contributed by atoms with Crippen LogP contribution in [0.1, 0.15) is 48.6 Å². The molecular formula is C22H27F3N4. The Morgan fingerprint density at radius 1 is 1.00 bits per heavy atom. The number of alkyl halides is 3. The molecule has 0 spiro atoms. The average Bonchev–Trinajstić information content (AvgIpc) is 3.22. The third kappa shape index (κ3) is 4.89. The van der Waals surface area contributed by atoms with Crippen molar-refractivity contribution in [2.24, 2.45) is 0 Å². The zero-order chi connectivity index (χ0) is 20.3. The Bertz CT molecular complexity index is 818. The third-order valence-corrected chi connectivity index (χ3v) is 5.97. The number of anilines is 1. The summed E-state index contributed by atoms with van der Waals surface area (Å²) < 4.78 is 38.8. The number of rotatable bonds is 5. The monoisotopic (exact) mass is 404 g/mol. The van der Waals surface area contributed by atoms with Crippen molar-refractivity contribution in [3.8, 4) is 0 Å². The van der Waals surface area contributed by atoms with Gasteiger partial charge in [-0.25, -0.2) is 9.97 Å². The summed E-state index contributed by atoms with van der Waals surface area (Å²) in [5.41, 5.74) is 1.02. The predicted octanol–water partition coefficient (Wildman–Crippen LogP) is 4.52. The molecule has 2 aliphatic heterocycles. The molecule has 4 heterocycles. The quantitative estimate of drug-likeness (QED) is 0.734. The Labute approximate surface area is 169 Å². The molecule has 0 bridgehead atoms. The molecule has 156 valence electrons. The lowest BCUT2D eigenvalue weighted by atomic mass is 10.0. The van der Waals surface area contributed by atoms with Crippen LogP contribution in [0.25, 0.3) is 0 Å². The minimum atomic E-state index is -4.39. The zero-order valence-corrected chi connectivity index (χ0v) is 16.5. The summed E-state index contributed by atoms with van der Waals surface area (Å²) in [4.78, 5) is 13.2. The number of hydrogen-bond donors (Lipinski definition) is 0. The SMILES string of the molecule is FC(F)(F)c1cccc(C2CCN(CCc3cccnc3N3CCCCC3)C2)n1. The van der Waals surface area contributed by atoms with Gasteiger partial charge in [0, 0.05) is 44.0 Å². The van der Waals surface area contributed by atoms with E-state index in [-0.39, 0.29) is 5.92 Å². The molecule has 2 aromatic heterocycles. The molecule has 2 saturated heterocycles. The van der Waals surface area contributed by atoms with E-state index in [1.165, 1.54) is 30.9 Å². The largest absolute Gasteiger partial charge is 0.433 e. The second-order valence-electron chi connectivity index (χ2n) is 8.02. The van der Waals surface area contributed by atoms with E-state index in [2.05, 4.69) is 25.8 Å². The molecule has 0 aliphatic carbocycles. The highest BCUT2D eigenvalue weighted by Gasteiger charge is 2.34. The number of halogens is 3. The lowest BCUT2D eigenvalue weighted by Gasteiger charge is -2.29. The first-order valence-corrected chi connectivity index (χ1v) is 10.5. The Hall–Kier alpha value is -2.15. The van der Waals surface area contributed by atoms with Crippen molar-refractivity contribution in [2.75, 3.05) is 37.6 Å². The molecule has 0 amide bonds. The standard InChI is InChI=1S/C22H27F3N4/c23-22(24,25)20-8-4-7-19(27-20)18-10-15-28(16-18)14-9-17-6-5-11-26-21(17)29-12-2-1-3-13-29/h4-8,11,18H,1-3,9-10,12-16H2. The molecule has 0 radical (unpaired) electrons. The summed E-state index contributed by atoms with van der Waals surface area (Å²) in [6.45, 7) is 4.67. The van der Waals surface area contributed by atoms with Gasteiger partial charge in [0.05, 0.1) is 0 Å². The number of piperidine rings is 1. The fraction of sp³-hybridized carbons (Fsp3) is 0.545. The van der Waals surface area contributed by atoms with Gasteiger partial charge >= 0.3 is 6.18 Å². The second kappa shape index (κ2) is 8.69. The Morgan fingerprint density at radius 2 is 1.83 bits per heavy atom. The Balaban J connectivity index is 1.37. The predicted molar refractivity (Wildman–Crippen MR) is 107 cm³/mol. The van der Waals surface area contributed by atoms with E-state index in [1.54, 1.807) is 6.07 Å². The Kier molecular flexibility index (Phi) is 6.04. The third-order valence-electron chi connectivity index (χ3n) is 5.97. The Morgan fingerprint density at radius 3 is 2.62 bits per heavy atom. The number of nitrogens with zero attached hydrogens (tertiary/aromatic N) is 4. The van der Waals surface area contributed by atoms with E-state index >= 15 is 0 Å². The van der Waals surface area contributed by atoms with E-state index in [4.69, 9.17) is 0 Å². The van der Waals surface area contributed by atoms with Crippen molar-refractivity contribution in [1.29, 1.82) is 0 Å². The van der Waals surface area contributed by atoms with Gasteiger partial charge < -0.3 is 9.80 Å². The number of likely N-dealkylation sites (tertiary alicyclic amines) is 1. The zero-order valence-electron chi connectivity index (χ0n) is 16.5. The summed E-state index contributed by atoms with van der Waals surface area (Å²) in [5.74, 6) is 1.16. The molecule has 1 unspecified atom stereocenters. The van der Waals surface area contributed by atoms with Gasteiger partial charge in [-0.3, -0.25) is 0 Å². The van der Waals surface area contributed by atoms with Crippen LogP contribution >= 0.6 is 0 Å². The minimum Gasteiger partial charge on any atom is -0.356 e. The van der Waals surface area contributed by atoms with Crippen molar-refractivity contribution in [1.82, 2.24) is 14.9 Å². The van der Waals surface area contributed by atoms with Gasteiger partial charge in [-0.2, -0.15) is 13.2 Å². The molecule has 0 N–H and O–H groups in total. The highest BCUT2D eigenvalue weighted by atomic mass is 19.4. The first kappa shape index (κ1) is 20.1. The van der Waals surface area contributed by atoms with Gasteiger partial charge in [-0.1, -0.05) is 12.1 Å². The summed E-state index contributed by atoms with van der Waals surface area (Å²) in [6.07, 6.45) is 2.94. The molecular weight excluding hydrogens is 377 g/mol. The summed E-state index contributed by atoms with van der Waals surface area (Å²) >= 11 is 0. The molecule has 2 aromatic rings. The van der Waals surface area contributed by atoms with Crippen molar-refractivity contribution in [2.45, 2.75) is 44.2 Å². The van der Waals surface area contributed by atoms with Crippen molar-refractivity contribution >= 4 is 5.82 Å². The number of pyridine rings is 2. The van der Waals surface area contributed by atoms with Crippen LogP contribution in [0, 0.1) is 0 Å². The van der Waals surface area contributed by atoms with E-state index in [0.29, 0.717) is 5.69 Å². The maximum Gasteiger partial charge on any atom is 0.433 e. The number of aromatic nitrogens is 2. The van der Waals surface area contributed by atoms with Crippen LogP contribution in [0.4, 0.5) is 19.0 Å². The highest BCUT2D eigenvalue weighted by molar-refractivity contribution is 5.47. The highest BCUT2D eigenvalue weighted by Crippen LogP contribution is 2.31. The van der Waals surface area contributed by atoms with E-state index in [1.807, 2.05) is 12.3 Å². The van der Waals surface area contributed by atoms with Crippen LogP contribution in [0.3, 0.4) is 0 Å². The fourth-order valence-electron chi connectivity index (χ4n) is 4.41. The molecule has 29 heavy (non-hydrogen) atoms. The summed E-state index contributed by atoms with van der Waals surface area (Å²) in [7, 11) is 0. The molecule has 4 rings (SSSR count). The maximum atomic E-state index is 12.9. The van der Waals surface area contributed by atoms with Crippen LogP contribution in [0.15, 0.2) is 36.5 Å². The first-order valence-electron chi connectivity index (χ1n) is 10.5. The topological polar surface area (TPSA) is 32.3 Å². The molecule has 4 nitrogen and oxygen atoms in total. The second-order valence-corrected chi connectivity index (χ2v) is 8.02. The van der Waals surface area contributed by atoms with Gasteiger partial charge in [0.1, 0.15) is 11.5 Å². The van der Waals surface area contributed by atoms with Gasteiger partial charge in [-0.15, -0.1) is 0 Å². The molecule has 0 saturated carbocycles. The number of hydrogen-bond acceptors (Lipinski definition) is 4. The normalized spacial score (nSPS) is 20.9. The minimum absolute atomic E-state index is 0.0627. The molecule has 7 heteroatoms. The summed E-state index contributed by atoms with van der Waals surface area (Å²) in [6, 6.07) is 8.37. The molecule has 0 aromatic carbocycles. The van der Waals surface area contributed by atoms with Gasteiger partial charge in [0.25, 0.3) is 0 Å². The average molecular weight is 404 g/mol. The van der Waals surface area contributed by atoms with Crippen LogP contribution in [-0.2, 0) is 12.6 Å². The lowest BCUT2D eigenvalue weighted by molar-refractivity contribution is -0.141. The first-order chi connectivity index (χ1) is 14.0. The van der Waals surface area contributed by atoms with Gasteiger partial charge in [0.2, 0.25) is 0 Å². The van der Waals surface area contributed by atoms with Crippen molar-refractivity contribution in [3.05, 3.63) is 53.5 Å². The van der Waals surface area contributed by atoms with Crippen LogP contribution < -0.4 is 4.90 Å². The van der Waals surface area contributed by atoms with E-state index in [0.717, 1.165) is 57.4 Å². The van der Waals surface area contributed by atoms with Crippen LogP contribution in [-0.4, -0.2) is 47.6 Å². The van der Waals surface area contributed by atoms with Crippen molar-refractivity contribution in [3.63, 3.8) is 0 Å². The maximum absolute atomic E-state index is 12.9. The van der Waals surface area contributed by atoms with E-state index < -0.39 is 11.9 Å². The lowest BCUT2D eigenvalue weighted by Crippen LogP contribution is -2.31. The fourth-order valence-corrected chi connectivity index (χ4v) is 4.41. The van der Waals surface area contributed by atoms with E-state index in [9.17, 15) is 13.2 Å².